The minimum atomic E-state index is -0.264. The minimum absolute atomic E-state index is 0.230. The second kappa shape index (κ2) is 8.72. The van der Waals surface area contributed by atoms with E-state index in [1.54, 1.807) is 0 Å². The lowest BCUT2D eigenvalue weighted by atomic mass is 10.0. The maximum Gasteiger partial charge on any atom is 0.309 e. The van der Waals surface area contributed by atoms with Crippen molar-refractivity contribution in [2.75, 3.05) is 7.11 Å². The van der Waals surface area contributed by atoms with Crippen molar-refractivity contribution in [3.05, 3.63) is 61.2 Å². The highest BCUT2D eigenvalue weighted by molar-refractivity contribution is 14.1. The highest BCUT2D eigenvalue weighted by atomic mass is 127. The van der Waals surface area contributed by atoms with Gasteiger partial charge in [-0.1, -0.05) is 30.7 Å². The second-order valence-corrected chi connectivity index (χ2v) is 7.05. The van der Waals surface area contributed by atoms with Gasteiger partial charge in [-0.05, 0) is 70.8 Å². The molecule has 0 spiro atoms. The third kappa shape index (κ3) is 4.63. The summed E-state index contributed by atoms with van der Waals surface area (Å²) in [6.45, 7) is 4.51. The summed E-state index contributed by atoms with van der Waals surface area (Å²) in [7, 11) is 1.39. The van der Waals surface area contributed by atoms with Gasteiger partial charge >= 0.3 is 5.97 Å². The standard InChI is InChI=1S/C19H20ClIO3/c1-4-13-9-16(20)18(8-12(13)2)24-11-15-14(10-19(22)23-3)6-5-7-17(15)21/h5-9H,4,10-11H2,1-3H3. The topological polar surface area (TPSA) is 35.5 Å². The lowest BCUT2D eigenvalue weighted by molar-refractivity contribution is -0.139. The van der Waals surface area contributed by atoms with Gasteiger partial charge in [0, 0.05) is 9.13 Å². The minimum Gasteiger partial charge on any atom is -0.487 e. The Morgan fingerprint density at radius 3 is 2.67 bits per heavy atom. The Morgan fingerprint density at radius 2 is 2.00 bits per heavy atom. The molecule has 0 saturated carbocycles. The van der Waals surface area contributed by atoms with Crippen molar-refractivity contribution in [3.63, 3.8) is 0 Å². The van der Waals surface area contributed by atoms with Crippen LogP contribution in [0, 0.1) is 10.5 Å². The molecule has 24 heavy (non-hydrogen) atoms. The van der Waals surface area contributed by atoms with E-state index in [2.05, 4.69) is 36.4 Å². The average Bonchev–Trinajstić information content (AvgIpc) is 2.56. The molecule has 128 valence electrons. The molecule has 0 saturated heterocycles. The van der Waals surface area contributed by atoms with Gasteiger partial charge in [-0.3, -0.25) is 4.79 Å². The molecule has 0 aromatic heterocycles. The van der Waals surface area contributed by atoms with E-state index in [4.69, 9.17) is 21.1 Å². The van der Waals surface area contributed by atoms with Crippen molar-refractivity contribution in [2.45, 2.75) is 33.3 Å². The Kier molecular flexibility index (Phi) is 6.92. The number of benzene rings is 2. The molecule has 0 N–H and O–H groups in total. The summed E-state index contributed by atoms with van der Waals surface area (Å²) in [5.41, 5.74) is 4.27. The summed E-state index contributed by atoms with van der Waals surface area (Å²) in [5.74, 6) is 0.398. The summed E-state index contributed by atoms with van der Waals surface area (Å²) in [4.78, 5) is 11.6. The van der Waals surface area contributed by atoms with Crippen molar-refractivity contribution < 1.29 is 14.3 Å². The first-order chi connectivity index (χ1) is 11.5. The van der Waals surface area contributed by atoms with Crippen LogP contribution in [0.2, 0.25) is 5.02 Å². The largest absolute Gasteiger partial charge is 0.487 e. The molecule has 2 aromatic rings. The van der Waals surface area contributed by atoms with Crippen LogP contribution in [0.4, 0.5) is 0 Å². The van der Waals surface area contributed by atoms with Crippen molar-refractivity contribution in [3.8, 4) is 5.75 Å². The zero-order valence-corrected chi connectivity index (χ0v) is 16.9. The molecule has 0 fully saturated rings. The normalized spacial score (nSPS) is 10.5. The summed E-state index contributed by atoms with van der Waals surface area (Å²) in [5, 5.41) is 0.609. The number of ether oxygens (including phenoxy) is 2. The zero-order chi connectivity index (χ0) is 17.7. The SMILES string of the molecule is CCc1cc(Cl)c(OCc2c(I)cccc2CC(=O)OC)cc1C. The summed E-state index contributed by atoms with van der Waals surface area (Å²) < 4.78 is 11.8. The van der Waals surface area contributed by atoms with E-state index in [0.717, 1.165) is 26.7 Å². The van der Waals surface area contributed by atoms with Crippen LogP contribution in [0.25, 0.3) is 0 Å². The number of carbonyl (C=O) groups is 1. The highest BCUT2D eigenvalue weighted by Gasteiger charge is 2.13. The molecule has 0 bridgehead atoms. The zero-order valence-electron chi connectivity index (χ0n) is 14.0. The van der Waals surface area contributed by atoms with Crippen LogP contribution in [-0.4, -0.2) is 13.1 Å². The molecule has 0 aliphatic rings. The molecule has 0 unspecified atom stereocenters. The average molecular weight is 459 g/mol. The van der Waals surface area contributed by atoms with E-state index < -0.39 is 0 Å². The van der Waals surface area contributed by atoms with Gasteiger partial charge in [0.1, 0.15) is 12.4 Å². The van der Waals surface area contributed by atoms with Crippen LogP contribution in [0.3, 0.4) is 0 Å². The molecule has 3 nitrogen and oxygen atoms in total. The van der Waals surface area contributed by atoms with Gasteiger partial charge in [-0.2, -0.15) is 0 Å². The molecule has 0 aliphatic heterocycles. The van der Waals surface area contributed by atoms with Gasteiger partial charge in [-0.15, -0.1) is 0 Å². The smallest absolute Gasteiger partial charge is 0.309 e. The molecule has 0 atom stereocenters. The van der Waals surface area contributed by atoms with E-state index in [0.29, 0.717) is 17.4 Å². The number of hydrogen-bond donors (Lipinski definition) is 0. The van der Waals surface area contributed by atoms with Crippen LogP contribution in [0.15, 0.2) is 30.3 Å². The number of hydrogen-bond acceptors (Lipinski definition) is 3. The number of methoxy groups -OCH3 is 1. The Bertz CT molecular complexity index is 744. The number of halogens is 2. The second-order valence-electron chi connectivity index (χ2n) is 5.48. The summed E-state index contributed by atoms with van der Waals surface area (Å²) in [6, 6.07) is 9.77. The van der Waals surface area contributed by atoms with Crippen molar-refractivity contribution >= 4 is 40.2 Å². The first-order valence-corrected chi connectivity index (χ1v) is 9.16. The van der Waals surface area contributed by atoms with Crippen LogP contribution in [-0.2, 0) is 29.0 Å². The number of esters is 1. The fraction of sp³-hybridized carbons (Fsp3) is 0.316. The van der Waals surface area contributed by atoms with E-state index in [-0.39, 0.29) is 12.4 Å². The first-order valence-electron chi connectivity index (χ1n) is 7.71. The molecule has 5 heteroatoms. The lowest BCUT2D eigenvalue weighted by Gasteiger charge is -2.15. The fourth-order valence-corrected chi connectivity index (χ4v) is 3.45. The molecule has 0 amide bonds. The van der Waals surface area contributed by atoms with Gasteiger partial charge in [-0.25, -0.2) is 0 Å². The molecular formula is C19H20ClIO3. The summed E-state index contributed by atoms with van der Waals surface area (Å²) in [6.07, 6.45) is 1.17. The number of aryl methyl sites for hydroxylation is 2. The van der Waals surface area contributed by atoms with Crippen LogP contribution in [0.5, 0.6) is 5.75 Å². The Labute approximate surface area is 161 Å². The van der Waals surface area contributed by atoms with Gasteiger partial charge < -0.3 is 9.47 Å². The third-order valence-electron chi connectivity index (χ3n) is 3.92. The Morgan fingerprint density at radius 1 is 1.25 bits per heavy atom. The number of rotatable bonds is 6. The molecular weight excluding hydrogens is 439 g/mol. The quantitative estimate of drug-likeness (QED) is 0.446. The molecule has 2 rings (SSSR count). The predicted octanol–water partition coefficient (Wildman–Crippen LogP) is 5.11. The molecule has 2 aromatic carbocycles. The fourth-order valence-electron chi connectivity index (χ4n) is 2.50. The molecule has 0 heterocycles. The van der Waals surface area contributed by atoms with Gasteiger partial charge in [0.05, 0.1) is 18.6 Å². The first kappa shape index (κ1) is 19.1. The lowest BCUT2D eigenvalue weighted by Crippen LogP contribution is -2.10. The van der Waals surface area contributed by atoms with Gasteiger partial charge in [0.2, 0.25) is 0 Å². The number of carbonyl (C=O) groups excluding carboxylic acids is 1. The van der Waals surface area contributed by atoms with Crippen LogP contribution in [0.1, 0.15) is 29.2 Å². The van der Waals surface area contributed by atoms with E-state index in [1.165, 1.54) is 12.7 Å². The van der Waals surface area contributed by atoms with E-state index in [9.17, 15) is 4.79 Å². The van der Waals surface area contributed by atoms with E-state index in [1.807, 2.05) is 30.3 Å². The van der Waals surface area contributed by atoms with Crippen molar-refractivity contribution in [1.29, 1.82) is 0 Å². The molecule has 0 aliphatic carbocycles. The van der Waals surface area contributed by atoms with Crippen LogP contribution >= 0.6 is 34.2 Å². The van der Waals surface area contributed by atoms with Gasteiger partial charge in [0.15, 0.2) is 0 Å². The molecule has 0 radical (unpaired) electrons. The summed E-state index contributed by atoms with van der Waals surface area (Å²) >= 11 is 8.58. The Balaban J connectivity index is 2.23. The van der Waals surface area contributed by atoms with Crippen molar-refractivity contribution in [1.82, 2.24) is 0 Å². The van der Waals surface area contributed by atoms with Crippen molar-refractivity contribution in [2.24, 2.45) is 0 Å². The predicted molar refractivity (Wildman–Crippen MR) is 105 cm³/mol. The third-order valence-corrected chi connectivity index (χ3v) is 5.23. The van der Waals surface area contributed by atoms with E-state index >= 15 is 0 Å². The maximum atomic E-state index is 11.6. The van der Waals surface area contributed by atoms with Gasteiger partial charge in [0.25, 0.3) is 0 Å². The maximum absolute atomic E-state index is 11.6. The highest BCUT2D eigenvalue weighted by Crippen LogP contribution is 2.30. The monoisotopic (exact) mass is 458 g/mol. The Hall–Kier alpha value is -1.27. The van der Waals surface area contributed by atoms with Crippen LogP contribution < -0.4 is 4.74 Å².